The van der Waals surface area contributed by atoms with Gasteiger partial charge in [-0.2, -0.15) is 5.10 Å². The van der Waals surface area contributed by atoms with Gasteiger partial charge in [0.25, 0.3) is 5.91 Å². The minimum Gasteiger partial charge on any atom is -0.504 e. The maximum absolute atomic E-state index is 14.4. The van der Waals surface area contributed by atoms with Gasteiger partial charge in [0.2, 0.25) is 0 Å². The Kier molecular flexibility index (Phi) is 5.22. The minimum atomic E-state index is -0.457. The smallest absolute Gasteiger partial charge is 0.278 e. The van der Waals surface area contributed by atoms with E-state index >= 15 is 0 Å². The van der Waals surface area contributed by atoms with E-state index < -0.39 is 5.82 Å². The summed E-state index contributed by atoms with van der Waals surface area (Å²) in [7, 11) is 0. The van der Waals surface area contributed by atoms with Gasteiger partial charge in [-0.3, -0.25) is 9.59 Å². The summed E-state index contributed by atoms with van der Waals surface area (Å²) in [5.41, 5.74) is 1.46. The van der Waals surface area contributed by atoms with Crippen LogP contribution in [0.3, 0.4) is 0 Å². The highest BCUT2D eigenvalue weighted by atomic mass is 19.1. The van der Waals surface area contributed by atoms with Crippen LogP contribution in [0.2, 0.25) is 0 Å². The van der Waals surface area contributed by atoms with Crippen LogP contribution in [-0.4, -0.2) is 57.7 Å². The van der Waals surface area contributed by atoms with Crippen molar-refractivity contribution in [2.75, 3.05) is 31.1 Å². The third kappa shape index (κ3) is 3.76. The number of hydrogen-bond donors (Lipinski definition) is 1. The van der Waals surface area contributed by atoms with E-state index in [1.165, 1.54) is 23.9 Å². The lowest BCUT2D eigenvalue weighted by atomic mass is 10.1. The predicted octanol–water partition coefficient (Wildman–Crippen LogP) is 2.88. The van der Waals surface area contributed by atoms with Crippen molar-refractivity contribution in [1.82, 2.24) is 14.7 Å². The zero-order valence-electron chi connectivity index (χ0n) is 16.5. The summed E-state index contributed by atoms with van der Waals surface area (Å²) in [6, 6.07) is 13.6. The topological polar surface area (TPSA) is 78.7 Å². The Bertz CT molecular complexity index is 1090. The van der Waals surface area contributed by atoms with Crippen LogP contribution < -0.4 is 4.90 Å². The van der Waals surface area contributed by atoms with Gasteiger partial charge in [-0.1, -0.05) is 18.2 Å². The van der Waals surface area contributed by atoms with Crippen molar-refractivity contribution in [3.8, 4) is 11.4 Å². The van der Waals surface area contributed by atoms with Crippen LogP contribution in [0.4, 0.5) is 10.1 Å². The molecule has 3 aromatic rings. The molecule has 1 aliphatic rings. The fourth-order valence-corrected chi connectivity index (χ4v) is 3.51. The van der Waals surface area contributed by atoms with Crippen molar-refractivity contribution in [1.29, 1.82) is 0 Å². The normalized spacial score (nSPS) is 14.1. The van der Waals surface area contributed by atoms with Gasteiger partial charge in [-0.05, 0) is 37.3 Å². The molecule has 1 aromatic heterocycles. The van der Waals surface area contributed by atoms with E-state index in [0.717, 1.165) is 5.69 Å². The zero-order valence-corrected chi connectivity index (χ0v) is 16.5. The van der Waals surface area contributed by atoms with E-state index in [9.17, 15) is 19.1 Å². The molecule has 4 rings (SSSR count). The average Bonchev–Trinajstić information content (AvgIpc) is 3.15. The third-order valence-electron chi connectivity index (χ3n) is 5.18. The lowest BCUT2D eigenvalue weighted by molar-refractivity contribution is 0.0737. The molecule has 8 heteroatoms. The van der Waals surface area contributed by atoms with Crippen LogP contribution in [-0.2, 0) is 0 Å². The molecule has 0 unspecified atom stereocenters. The number of ketones is 1. The molecule has 30 heavy (non-hydrogen) atoms. The maximum atomic E-state index is 14.4. The molecule has 7 nitrogen and oxygen atoms in total. The number of para-hydroxylation sites is 1. The summed E-state index contributed by atoms with van der Waals surface area (Å²) in [6.07, 6.45) is 1.41. The van der Waals surface area contributed by atoms with E-state index in [-0.39, 0.29) is 23.1 Å². The van der Waals surface area contributed by atoms with Crippen molar-refractivity contribution in [3.05, 3.63) is 71.8 Å². The molecule has 1 fully saturated rings. The summed E-state index contributed by atoms with van der Waals surface area (Å²) in [4.78, 5) is 27.7. The Balaban J connectivity index is 1.45. The highest BCUT2D eigenvalue weighted by Gasteiger charge is 2.27. The molecule has 0 saturated carbocycles. The molecule has 1 N–H and O–H groups in total. The van der Waals surface area contributed by atoms with Crippen molar-refractivity contribution in [3.63, 3.8) is 0 Å². The van der Waals surface area contributed by atoms with Crippen molar-refractivity contribution in [2.24, 2.45) is 0 Å². The highest BCUT2D eigenvalue weighted by molar-refractivity contribution is 5.95. The van der Waals surface area contributed by atoms with Crippen molar-refractivity contribution >= 4 is 17.4 Å². The predicted molar refractivity (Wildman–Crippen MR) is 110 cm³/mol. The number of aromatic nitrogens is 2. The molecule has 0 atom stereocenters. The number of nitrogens with zero attached hydrogens (tertiary/aromatic N) is 4. The van der Waals surface area contributed by atoms with Crippen molar-refractivity contribution in [2.45, 2.75) is 6.92 Å². The summed E-state index contributed by atoms with van der Waals surface area (Å²) in [6.45, 7) is 2.99. The second kappa shape index (κ2) is 7.98. The van der Waals surface area contributed by atoms with Gasteiger partial charge in [-0.15, -0.1) is 0 Å². The summed E-state index contributed by atoms with van der Waals surface area (Å²) >= 11 is 0. The molecule has 0 spiro atoms. The Labute approximate surface area is 173 Å². The molecule has 0 bridgehead atoms. The number of hydrogen-bond acceptors (Lipinski definition) is 5. The Morgan fingerprint density at radius 1 is 1.03 bits per heavy atom. The first-order valence-corrected chi connectivity index (χ1v) is 9.63. The molecule has 1 aliphatic heterocycles. The Morgan fingerprint density at radius 2 is 1.73 bits per heavy atom. The number of halogens is 1. The van der Waals surface area contributed by atoms with Gasteiger partial charge in [0.05, 0.1) is 17.6 Å². The van der Waals surface area contributed by atoms with Crippen molar-refractivity contribution < 1.29 is 19.1 Å². The standard InChI is InChI=1S/C22H21FN4O3/c1-15(28)16-7-8-19(18(23)13-16)25-9-11-26(12-10-25)22(30)21-20(29)14-27(24-21)17-5-3-2-4-6-17/h2-8,13-14,29H,9-12H2,1H3. The van der Waals surface area contributed by atoms with Crippen LogP contribution in [0.5, 0.6) is 5.75 Å². The maximum Gasteiger partial charge on any atom is 0.278 e. The van der Waals surface area contributed by atoms with E-state index in [0.29, 0.717) is 37.4 Å². The summed E-state index contributed by atoms with van der Waals surface area (Å²) < 4.78 is 15.9. The largest absolute Gasteiger partial charge is 0.504 e. The second-order valence-corrected chi connectivity index (χ2v) is 7.14. The van der Waals surface area contributed by atoms with E-state index in [2.05, 4.69) is 5.10 Å². The van der Waals surface area contributed by atoms with Crippen LogP contribution in [0.15, 0.2) is 54.7 Å². The molecular weight excluding hydrogens is 387 g/mol. The Morgan fingerprint density at radius 3 is 2.37 bits per heavy atom. The van der Waals surface area contributed by atoms with Gasteiger partial charge >= 0.3 is 0 Å². The van der Waals surface area contributed by atoms with Crippen LogP contribution in [0.1, 0.15) is 27.8 Å². The quantitative estimate of drug-likeness (QED) is 0.672. The number of carbonyl (C=O) groups is 2. The molecule has 0 radical (unpaired) electrons. The molecule has 1 saturated heterocycles. The van der Waals surface area contributed by atoms with E-state index in [4.69, 9.17) is 0 Å². The van der Waals surface area contributed by atoms with Gasteiger partial charge < -0.3 is 14.9 Å². The molecule has 0 aliphatic carbocycles. The van der Waals surface area contributed by atoms with Gasteiger partial charge in [-0.25, -0.2) is 9.07 Å². The van der Waals surface area contributed by atoms with E-state index in [1.54, 1.807) is 17.0 Å². The fourth-order valence-electron chi connectivity index (χ4n) is 3.51. The highest BCUT2D eigenvalue weighted by Crippen LogP contribution is 2.24. The first-order valence-electron chi connectivity index (χ1n) is 9.63. The first-order chi connectivity index (χ1) is 14.4. The lowest BCUT2D eigenvalue weighted by Gasteiger charge is -2.36. The minimum absolute atomic E-state index is 0.00991. The number of benzene rings is 2. The lowest BCUT2D eigenvalue weighted by Crippen LogP contribution is -2.49. The number of piperazine rings is 1. The van der Waals surface area contributed by atoms with E-state index in [1.807, 2.05) is 35.2 Å². The van der Waals surface area contributed by atoms with Gasteiger partial charge in [0.15, 0.2) is 17.2 Å². The molecule has 2 heterocycles. The fraction of sp³-hybridized carbons (Fsp3) is 0.227. The number of Topliss-reactive ketones (excluding diaryl/α,β-unsaturated/α-hetero) is 1. The van der Waals surface area contributed by atoms with Crippen LogP contribution >= 0.6 is 0 Å². The number of aromatic hydroxyl groups is 1. The SMILES string of the molecule is CC(=O)c1ccc(N2CCN(C(=O)c3nn(-c4ccccc4)cc3O)CC2)c(F)c1. The number of carbonyl (C=O) groups excluding carboxylic acids is 2. The number of anilines is 1. The molecule has 2 aromatic carbocycles. The number of rotatable bonds is 4. The molecule has 1 amide bonds. The third-order valence-corrected chi connectivity index (χ3v) is 5.18. The first kappa shape index (κ1) is 19.6. The zero-order chi connectivity index (χ0) is 21.3. The summed E-state index contributed by atoms with van der Waals surface area (Å²) in [5.74, 6) is -1.20. The molecular formula is C22H21FN4O3. The average molecular weight is 408 g/mol. The number of amides is 1. The second-order valence-electron chi connectivity index (χ2n) is 7.14. The van der Waals surface area contributed by atoms with Crippen LogP contribution in [0, 0.1) is 5.82 Å². The monoisotopic (exact) mass is 408 g/mol. The Hall–Kier alpha value is -3.68. The van der Waals surface area contributed by atoms with Gasteiger partial charge in [0, 0.05) is 31.7 Å². The van der Waals surface area contributed by atoms with Crippen LogP contribution in [0.25, 0.3) is 5.69 Å². The van der Waals surface area contributed by atoms with Gasteiger partial charge in [0.1, 0.15) is 5.82 Å². The summed E-state index contributed by atoms with van der Waals surface area (Å²) in [5, 5.41) is 14.5. The molecule has 154 valence electrons.